The topological polar surface area (TPSA) is 31.0 Å². The molecule has 2 aromatic heterocycles. The first-order chi connectivity index (χ1) is 26.7. The third kappa shape index (κ3) is 4.33. The Bertz CT molecular complexity index is 3120. The Morgan fingerprint density at radius 3 is 2.08 bits per heavy atom. The van der Waals surface area contributed by atoms with Crippen molar-refractivity contribution in [2.75, 3.05) is 0 Å². The van der Waals surface area contributed by atoms with Gasteiger partial charge in [-0.1, -0.05) is 128 Å². The number of rotatable bonds is 5. The Morgan fingerprint density at radius 2 is 1.20 bits per heavy atom. The molecule has 0 radical (unpaired) electrons. The Labute approximate surface area is 296 Å². The third-order valence-electron chi connectivity index (χ3n) is 9.88. The quantitative estimate of drug-likeness (QED) is 0.174. The summed E-state index contributed by atoms with van der Waals surface area (Å²) in [6.07, 6.45) is -2.74. The molecular weight excluding hydrogens is 609 g/mol. The molecule has 0 aliphatic rings. The van der Waals surface area contributed by atoms with E-state index in [1.165, 1.54) is 0 Å². The van der Waals surface area contributed by atoms with Gasteiger partial charge in [-0.25, -0.2) is 4.98 Å². The normalized spacial score (nSPS) is 13.8. The van der Waals surface area contributed by atoms with Crippen LogP contribution < -0.4 is 0 Å². The molecule has 0 saturated carbocycles. The zero-order valence-corrected chi connectivity index (χ0v) is 26.9. The van der Waals surface area contributed by atoms with E-state index in [1.807, 2.05) is 84.9 Å². The molecule has 0 spiro atoms. The molecule has 0 unspecified atom stereocenters. The predicted molar refractivity (Wildman–Crippen MR) is 209 cm³/mol. The molecule has 3 heteroatoms. The van der Waals surface area contributed by atoms with Crippen LogP contribution >= 0.6 is 0 Å². The second kappa shape index (κ2) is 11.3. The van der Waals surface area contributed by atoms with Crippen LogP contribution in [-0.4, -0.2) is 9.55 Å². The summed E-state index contributed by atoms with van der Waals surface area (Å²) in [7, 11) is 0. The van der Waals surface area contributed by atoms with Crippen LogP contribution in [0.25, 0.3) is 93.6 Å². The van der Waals surface area contributed by atoms with Crippen LogP contribution in [0.2, 0.25) is 0 Å². The Kier molecular flexibility index (Phi) is 5.39. The van der Waals surface area contributed by atoms with Crippen molar-refractivity contribution in [2.24, 2.45) is 0 Å². The fourth-order valence-electron chi connectivity index (χ4n) is 7.71. The number of imidazole rings is 1. The number of aryl methyl sites for hydroxylation is 1. The van der Waals surface area contributed by atoms with Gasteiger partial charge in [-0.2, -0.15) is 0 Å². The first kappa shape index (κ1) is 23.8. The minimum absolute atomic E-state index is 0.168. The summed E-state index contributed by atoms with van der Waals surface area (Å²) in [6, 6.07) is 55.1. The molecule has 2 heterocycles. The minimum atomic E-state index is -2.96. The Balaban J connectivity index is 1.33. The SMILES string of the molecule is [2H]C([2H])([2H])C([2H])([2H])c1nc2ccccc2n1-c1ccccc1-c1c2ccccc2c(-c2ccc3oc4ccccc4c3c2)c2cc(-c3ccccc3)ccc12. The van der Waals surface area contributed by atoms with Gasteiger partial charge >= 0.3 is 0 Å². The lowest BCUT2D eigenvalue weighted by Gasteiger charge is -2.21. The second-order valence-electron chi connectivity index (χ2n) is 12.6. The van der Waals surface area contributed by atoms with Gasteiger partial charge in [0.05, 0.1) is 16.7 Å². The number of hydrogen-bond donors (Lipinski definition) is 0. The van der Waals surface area contributed by atoms with E-state index in [0.717, 1.165) is 76.9 Å². The fourth-order valence-corrected chi connectivity index (χ4v) is 7.71. The zero-order valence-electron chi connectivity index (χ0n) is 31.9. The minimum Gasteiger partial charge on any atom is -0.456 e. The lowest BCUT2D eigenvalue weighted by Crippen LogP contribution is -2.03. The largest absolute Gasteiger partial charge is 0.456 e. The number of aromatic nitrogens is 2. The van der Waals surface area contributed by atoms with Crippen LogP contribution in [0.4, 0.5) is 0 Å². The smallest absolute Gasteiger partial charge is 0.135 e. The van der Waals surface area contributed by atoms with Crippen molar-refractivity contribution >= 4 is 54.5 Å². The number of nitrogens with zero attached hydrogens (tertiary/aromatic N) is 2. The molecule has 0 fully saturated rings. The van der Waals surface area contributed by atoms with Gasteiger partial charge in [0.1, 0.15) is 17.0 Å². The van der Waals surface area contributed by atoms with Crippen molar-refractivity contribution in [1.29, 1.82) is 0 Å². The Morgan fingerprint density at radius 1 is 0.540 bits per heavy atom. The monoisotopic (exact) mass is 645 g/mol. The van der Waals surface area contributed by atoms with E-state index in [-0.39, 0.29) is 5.82 Å². The first-order valence-corrected chi connectivity index (χ1v) is 16.7. The van der Waals surface area contributed by atoms with Gasteiger partial charge in [0, 0.05) is 29.6 Å². The fraction of sp³-hybridized carbons (Fsp3) is 0.0426. The van der Waals surface area contributed by atoms with Crippen molar-refractivity contribution in [3.05, 3.63) is 170 Å². The van der Waals surface area contributed by atoms with Crippen molar-refractivity contribution < 1.29 is 11.3 Å². The summed E-state index contributed by atoms with van der Waals surface area (Å²) >= 11 is 0. The van der Waals surface area contributed by atoms with Crippen LogP contribution in [0.3, 0.4) is 0 Å². The maximum atomic E-state index is 8.92. The van der Waals surface area contributed by atoms with Gasteiger partial charge in [0.25, 0.3) is 0 Å². The highest BCUT2D eigenvalue weighted by Gasteiger charge is 2.22. The molecule has 10 aromatic rings. The van der Waals surface area contributed by atoms with Crippen molar-refractivity contribution in [3.8, 4) is 39.1 Å². The van der Waals surface area contributed by atoms with Crippen molar-refractivity contribution in [2.45, 2.75) is 13.2 Å². The number of hydrogen-bond acceptors (Lipinski definition) is 2. The van der Waals surface area contributed by atoms with E-state index in [0.29, 0.717) is 16.7 Å². The van der Waals surface area contributed by atoms with Crippen molar-refractivity contribution in [3.63, 3.8) is 0 Å². The van der Waals surface area contributed by atoms with Gasteiger partial charge in [0.2, 0.25) is 0 Å². The molecule has 8 aromatic carbocycles. The predicted octanol–water partition coefficient (Wildman–Crippen LogP) is 12.8. The molecule has 0 aliphatic heterocycles. The number of benzene rings is 8. The highest BCUT2D eigenvalue weighted by molar-refractivity contribution is 6.23. The van der Waals surface area contributed by atoms with Crippen LogP contribution in [0, 0.1) is 0 Å². The second-order valence-corrected chi connectivity index (χ2v) is 12.6. The van der Waals surface area contributed by atoms with Gasteiger partial charge in [0.15, 0.2) is 0 Å². The van der Waals surface area contributed by atoms with Crippen LogP contribution in [-0.2, 0) is 6.37 Å². The summed E-state index contributed by atoms with van der Waals surface area (Å²) in [5.74, 6) is -0.168. The van der Waals surface area contributed by atoms with E-state index in [4.69, 9.17) is 11.3 Å². The molecule has 0 aliphatic carbocycles. The average molecular weight is 646 g/mol. The molecule has 10 rings (SSSR count). The molecule has 3 nitrogen and oxygen atoms in total. The number of furan rings is 1. The summed E-state index contributed by atoms with van der Waals surface area (Å²) < 4.78 is 50.4. The highest BCUT2D eigenvalue weighted by atomic mass is 16.3. The number of para-hydroxylation sites is 4. The summed E-state index contributed by atoms with van der Waals surface area (Å²) in [4.78, 5) is 4.65. The van der Waals surface area contributed by atoms with Crippen LogP contribution in [0.1, 0.15) is 19.5 Å². The van der Waals surface area contributed by atoms with Gasteiger partial charge < -0.3 is 4.42 Å². The molecule has 0 saturated heterocycles. The van der Waals surface area contributed by atoms with E-state index in [1.54, 1.807) is 10.6 Å². The number of fused-ring (bicyclic) bond motifs is 6. The molecule has 0 N–H and O–H groups in total. The zero-order chi connectivity index (χ0) is 37.5. The maximum Gasteiger partial charge on any atom is 0.135 e. The highest BCUT2D eigenvalue weighted by Crippen LogP contribution is 2.47. The van der Waals surface area contributed by atoms with E-state index in [2.05, 4.69) is 77.8 Å². The van der Waals surface area contributed by atoms with Gasteiger partial charge in [-0.05, 0) is 91.8 Å². The molecule has 50 heavy (non-hydrogen) atoms. The van der Waals surface area contributed by atoms with E-state index < -0.39 is 13.2 Å². The molecule has 0 amide bonds. The summed E-state index contributed by atoms with van der Waals surface area (Å²) in [5, 5.41) is 6.21. The molecular formula is C47H32N2O. The standard InChI is InChI=1S/C47H32N2O/c1-2-45-48-40-20-10-12-22-42(40)49(45)41-21-11-8-19-37(41)47-35-18-7-6-17-34(35)46(39-28-31(24-26-36(39)47)30-14-4-3-5-15-30)32-25-27-44-38(29-32)33-16-9-13-23-43(33)50-44/h3-29H,2H2,1H3/i1D3,2D2. The molecule has 0 bridgehead atoms. The van der Waals surface area contributed by atoms with Crippen LogP contribution in [0.15, 0.2) is 168 Å². The van der Waals surface area contributed by atoms with E-state index in [9.17, 15) is 0 Å². The average Bonchev–Trinajstić information content (AvgIpc) is 3.79. The molecule has 0 atom stereocenters. The van der Waals surface area contributed by atoms with Gasteiger partial charge in [-0.15, -0.1) is 0 Å². The van der Waals surface area contributed by atoms with Gasteiger partial charge in [-0.3, -0.25) is 4.57 Å². The third-order valence-corrected chi connectivity index (χ3v) is 9.88. The first-order valence-electron chi connectivity index (χ1n) is 19.2. The maximum absolute atomic E-state index is 8.92. The lowest BCUT2D eigenvalue weighted by atomic mass is 9.84. The van der Waals surface area contributed by atoms with Crippen LogP contribution in [0.5, 0.6) is 0 Å². The Hall–Kier alpha value is -6.45. The summed E-state index contributed by atoms with van der Waals surface area (Å²) in [5.41, 5.74) is 9.54. The summed E-state index contributed by atoms with van der Waals surface area (Å²) in [6.45, 7) is -2.96. The molecule has 236 valence electrons. The van der Waals surface area contributed by atoms with Crippen molar-refractivity contribution in [1.82, 2.24) is 9.55 Å². The van der Waals surface area contributed by atoms with E-state index >= 15 is 0 Å². The lowest BCUT2D eigenvalue weighted by molar-refractivity contribution is 0.669.